The predicted octanol–water partition coefficient (Wildman–Crippen LogP) is 8.22. The summed E-state index contributed by atoms with van der Waals surface area (Å²) in [5.74, 6) is 0.797. The fourth-order valence-corrected chi connectivity index (χ4v) is 6.41. The first-order valence-electron chi connectivity index (χ1n) is 15.5. The minimum Gasteiger partial charge on any atom is -0.443 e. The van der Waals surface area contributed by atoms with Gasteiger partial charge in [0.1, 0.15) is 5.60 Å². The van der Waals surface area contributed by atoms with Crippen LogP contribution in [0.2, 0.25) is 0 Å². The first-order valence-corrected chi connectivity index (χ1v) is 15.5. The molecular weight excluding hydrogens is 482 g/mol. The van der Waals surface area contributed by atoms with Gasteiger partial charge >= 0.3 is 6.09 Å². The number of amides is 1. The van der Waals surface area contributed by atoms with Crippen molar-refractivity contribution in [2.75, 3.05) is 38.0 Å². The molecule has 2 fully saturated rings. The van der Waals surface area contributed by atoms with Crippen molar-refractivity contribution in [1.29, 1.82) is 0 Å². The number of para-hydroxylation sites is 1. The first-order chi connectivity index (χ1) is 18.9. The Morgan fingerprint density at radius 2 is 1.54 bits per heavy atom. The number of likely N-dealkylation sites (tertiary alicyclic amines) is 2. The molecule has 5 heteroatoms. The smallest absolute Gasteiger partial charge is 0.412 e. The number of unbranched alkanes of at least 4 members (excludes halogenated alkanes) is 5. The highest BCUT2D eigenvalue weighted by molar-refractivity contribution is 5.91. The zero-order chi connectivity index (χ0) is 27.5. The number of hydrogen-bond acceptors (Lipinski definition) is 4. The van der Waals surface area contributed by atoms with Crippen LogP contribution in [0.4, 0.5) is 10.5 Å². The molecule has 2 saturated heterocycles. The maximum atomic E-state index is 12.8. The van der Waals surface area contributed by atoms with E-state index in [0.717, 1.165) is 61.2 Å². The molecule has 2 aromatic carbocycles. The number of ether oxygens (including phenoxy) is 1. The van der Waals surface area contributed by atoms with E-state index in [4.69, 9.17) is 4.74 Å². The van der Waals surface area contributed by atoms with Gasteiger partial charge in [0.25, 0.3) is 0 Å². The van der Waals surface area contributed by atoms with Gasteiger partial charge in [-0.25, -0.2) is 4.79 Å². The van der Waals surface area contributed by atoms with Crippen LogP contribution in [0.25, 0.3) is 11.1 Å². The highest BCUT2D eigenvalue weighted by Crippen LogP contribution is 2.30. The standard InChI is InChI=1S/C34H51N3O2/c1-28(2)32-20-15-25-37(32)24-14-7-5-4-6-13-23-36-26-21-34(3,22-27-36)39-33(38)35-31-19-12-11-18-30(31)29-16-9-8-10-17-29/h8-12,16-19,28,32H,4-7,13-15,20-27H2,1-3H3,(H,35,38). The third-order valence-corrected chi connectivity index (χ3v) is 8.85. The van der Waals surface area contributed by atoms with Crippen molar-refractivity contribution in [3.63, 3.8) is 0 Å². The van der Waals surface area contributed by atoms with E-state index in [0.29, 0.717) is 0 Å². The normalized spacial score (nSPS) is 19.8. The van der Waals surface area contributed by atoms with Crippen molar-refractivity contribution >= 4 is 11.8 Å². The number of nitrogens with one attached hydrogen (secondary N) is 1. The molecule has 1 unspecified atom stereocenters. The van der Waals surface area contributed by atoms with E-state index in [9.17, 15) is 4.79 Å². The monoisotopic (exact) mass is 533 g/mol. The minimum absolute atomic E-state index is 0.362. The zero-order valence-corrected chi connectivity index (χ0v) is 24.7. The van der Waals surface area contributed by atoms with Gasteiger partial charge < -0.3 is 14.5 Å². The van der Waals surface area contributed by atoms with Gasteiger partial charge in [-0.3, -0.25) is 5.32 Å². The van der Waals surface area contributed by atoms with Crippen LogP contribution in [0.15, 0.2) is 54.6 Å². The van der Waals surface area contributed by atoms with Crippen LogP contribution in [-0.2, 0) is 4.74 Å². The summed E-state index contributed by atoms with van der Waals surface area (Å²) in [5.41, 5.74) is 2.45. The summed E-state index contributed by atoms with van der Waals surface area (Å²) < 4.78 is 5.98. The van der Waals surface area contributed by atoms with Gasteiger partial charge in [-0.05, 0) is 82.6 Å². The Morgan fingerprint density at radius 1 is 0.897 bits per heavy atom. The van der Waals surface area contributed by atoms with E-state index in [1.165, 1.54) is 64.5 Å². The molecule has 1 amide bonds. The maximum absolute atomic E-state index is 12.8. The number of carbonyl (C=O) groups is 1. The fourth-order valence-electron chi connectivity index (χ4n) is 6.41. The summed E-state index contributed by atoms with van der Waals surface area (Å²) in [4.78, 5) is 18.1. The Bertz CT molecular complexity index is 1000. The Hall–Kier alpha value is -2.37. The van der Waals surface area contributed by atoms with Crippen LogP contribution in [0.3, 0.4) is 0 Å². The minimum atomic E-state index is -0.411. The van der Waals surface area contributed by atoms with Crippen molar-refractivity contribution in [3.8, 4) is 11.1 Å². The molecule has 2 aromatic rings. The molecule has 0 aliphatic carbocycles. The van der Waals surface area contributed by atoms with Crippen LogP contribution in [0.5, 0.6) is 0 Å². The van der Waals surface area contributed by atoms with Crippen molar-refractivity contribution in [3.05, 3.63) is 54.6 Å². The maximum Gasteiger partial charge on any atom is 0.412 e. The number of nitrogens with zero attached hydrogens (tertiary/aromatic N) is 2. The molecule has 2 aliphatic rings. The van der Waals surface area contributed by atoms with E-state index in [1.54, 1.807) is 0 Å². The SMILES string of the molecule is CC(C)C1CCCN1CCCCCCCCN1CCC(C)(OC(=O)Nc2ccccc2-c2ccccc2)CC1. The Balaban J connectivity index is 1.08. The molecule has 2 heterocycles. The highest BCUT2D eigenvalue weighted by atomic mass is 16.6. The van der Waals surface area contributed by atoms with Crippen LogP contribution >= 0.6 is 0 Å². The molecule has 0 spiro atoms. The number of benzene rings is 2. The summed E-state index contributed by atoms with van der Waals surface area (Å²) >= 11 is 0. The third kappa shape index (κ3) is 9.08. The van der Waals surface area contributed by atoms with E-state index in [2.05, 4.69) is 48.0 Å². The lowest BCUT2D eigenvalue weighted by Gasteiger charge is -2.38. The van der Waals surface area contributed by atoms with Gasteiger partial charge in [0.15, 0.2) is 0 Å². The number of anilines is 1. The van der Waals surface area contributed by atoms with E-state index in [1.807, 2.05) is 42.5 Å². The number of rotatable bonds is 13. The topological polar surface area (TPSA) is 44.8 Å². The van der Waals surface area contributed by atoms with Crippen molar-refractivity contribution in [2.24, 2.45) is 5.92 Å². The third-order valence-electron chi connectivity index (χ3n) is 8.85. The van der Waals surface area contributed by atoms with Gasteiger partial charge in [-0.2, -0.15) is 0 Å². The van der Waals surface area contributed by atoms with E-state index in [-0.39, 0.29) is 6.09 Å². The van der Waals surface area contributed by atoms with Crippen LogP contribution in [0, 0.1) is 5.92 Å². The van der Waals surface area contributed by atoms with Gasteiger partial charge in [0, 0.05) is 24.7 Å². The predicted molar refractivity (Wildman–Crippen MR) is 163 cm³/mol. The van der Waals surface area contributed by atoms with Crippen LogP contribution < -0.4 is 5.32 Å². The number of carbonyl (C=O) groups excluding carboxylic acids is 1. The molecule has 5 nitrogen and oxygen atoms in total. The van der Waals surface area contributed by atoms with E-state index < -0.39 is 5.60 Å². The Morgan fingerprint density at radius 3 is 2.26 bits per heavy atom. The average Bonchev–Trinajstić information content (AvgIpc) is 3.41. The van der Waals surface area contributed by atoms with Gasteiger partial charge in [0.2, 0.25) is 0 Å². The van der Waals surface area contributed by atoms with Gasteiger partial charge in [-0.15, -0.1) is 0 Å². The molecular formula is C34H51N3O2. The molecule has 0 radical (unpaired) electrons. The molecule has 0 bridgehead atoms. The van der Waals surface area contributed by atoms with Gasteiger partial charge in [0.05, 0.1) is 5.69 Å². The fraction of sp³-hybridized carbons (Fsp3) is 0.618. The van der Waals surface area contributed by atoms with Crippen molar-refractivity contribution in [1.82, 2.24) is 9.80 Å². The molecule has 0 saturated carbocycles. The lowest BCUT2D eigenvalue weighted by Crippen LogP contribution is -2.46. The van der Waals surface area contributed by atoms with Crippen molar-refractivity contribution < 1.29 is 9.53 Å². The zero-order valence-electron chi connectivity index (χ0n) is 24.7. The summed E-state index contributed by atoms with van der Waals surface area (Å²) in [7, 11) is 0. The average molecular weight is 534 g/mol. The largest absolute Gasteiger partial charge is 0.443 e. The number of hydrogen-bond donors (Lipinski definition) is 1. The second-order valence-corrected chi connectivity index (χ2v) is 12.3. The Labute approximate surface area is 237 Å². The van der Waals surface area contributed by atoms with Crippen LogP contribution in [-0.4, -0.2) is 60.3 Å². The van der Waals surface area contributed by atoms with Gasteiger partial charge in [-0.1, -0.05) is 88.1 Å². The summed E-state index contributed by atoms with van der Waals surface area (Å²) in [6.45, 7) is 12.6. The number of piperidine rings is 1. The summed E-state index contributed by atoms with van der Waals surface area (Å²) in [6.07, 6.45) is 12.3. The molecule has 1 N–H and O–H groups in total. The summed E-state index contributed by atoms with van der Waals surface area (Å²) in [6, 6.07) is 18.9. The second kappa shape index (κ2) is 14.9. The highest BCUT2D eigenvalue weighted by Gasteiger charge is 2.33. The molecule has 2 aliphatic heterocycles. The second-order valence-electron chi connectivity index (χ2n) is 12.3. The van der Waals surface area contributed by atoms with Crippen LogP contribution in [0.1, 0.15) is 85.0 Å². The lowest BCUT2D eigenvalue weighted by molar-refractivity contribution is -0.0163. The molecule has 4 rings (SSSR count). The quantitative estimate of drug-likeness (QED) is 0.264. The first kappa shape index (κ1) is 29.6. The Kier molecular flexibility index (Phi) is 11.3. The van der Waals surface area contributed by atoms with Crippen molar-refractivity contribution in [2.45, 2.75) is 96.6 Å². The summed E-state index contributed by atoms with van der Waals surface area (Å²) in [5, 5.41) is 3.00. The molecule has 39 heavy (non-hydrogen) atoms. The molecule has 0 aromatic heterocycles. The molecule has 214 valence electrons. The lowest BCUT2D eigenvalue weighted by atomic mass is 9.93. The molecule has 1 atom stereocenters. The van der Waals surface area contributed by atoms with E-state index >= 15 is 0 Å².